The van der Waals surface area contributed by atoms with Gasteiger partial charge in [-0.2, -0.15) is 0 Å². The van der Waals surface area contributed by atoms with Crippen molar-refractivity contribution in [2.75, 3.05) is 26.4 Å². The lowest BCUT2D eigenvalue weighted by atomic mass is 10.1. The van der Waals surface area contributed by atoms with Crippen molar-refractivity contribution in [2.24, 2.45) is 0 Å². The molecule has 1 aromatic heterocycles. The molecular formula is C17H32N4O4. The number of unbranched alkanes of at least 4 members (excludes halogenated alkanes) is 2. The van der Waals surface area contributed by atoms with Crippen molar-refractivity contribution in [3.05, 3.63) is 11.9 Å². The molecule has 1 heterocycles. The Bertz CT molecular complexity index is 459. The zero-order valence-corrected chi connectivity index (χ0v) is 15.4. The van der Waals surface area contributed by atoms with Crippen LogP contribution in [0.15, 0.2) is 6.20 Å². The summed E-state index contributed by atoms with van der Waals surface area (Å²) in [5.41, 5.74) is 0.689. The summed E-state index contributed by atoms with van der Waals surface area (Å²) in [5.74, 6) is -0.0962. The highest BCUT2D eigenvalue weighted by atomic mass is 16.5. The van der Waals surface area contributed by atoms with Gasteiger partial charge in [-0.1, -0.05) is 25.0 Å². The lowest BCUT2D eigenvalue weighted by molar-refractivity contribution is -0.123. The van der Waals surface area contributed by atoms with E-state index in [0.29, 0.717) is 32.1 Å². The van der Waals surface area contributed by atoms with Gasteiger partial charge in [0.05, 0.1) is 25.5 Å². The molecule has 144 valence electrons. The van der Waals surface area contributed by atoms with E-state index in [0.717, 1.165) is 32.1 Å². The fourth-order valence-corrected chi connectivity index (χ4v) is 2.30. The van der Waals surface area contributed by atoms with Crippen molar-refractivity contribution in [1.29, 1.82) is 0 Å². The van der Waals surface area contributed by atoms with Crippen LogP contribution in [0.4, 0.5) is 0 Å². The molecule has 0 aliphatic rings. The minimum Gasteiger partial charge on any atom is -0.396 e. The summed E-state index contributed by atoms with van der Waals surface area (Å²) in [6, 6.07) is 0.0326. The zero-order valence-electron chi connectivity index (χ0n) is 15.4. The number of nitrogens with one attached hydrogen (secondary N) is 1. The molecule has 0 aliphatic heterocycles. The molecule has 2 N–H and O–H groups in total. The van der Waals surface area contributed by atoms with Crippen LogP contribution in [-0.2, 0) is 27.4 Å². The summed E-state index contributed by atoms with van der Waals surface area (Å²) in [6.07, 6.45) is 6.31. The summed E-state index contributed by atoms with van der Waals surface area (Å²) in [6.45, 7) is 6.49. The average Bonchev–Trinajstić information content (AvgIpc) is 3.04. The van der Waals surface area contributed by atoms with Gasteiger partial charge in [-0.25, -0.2) is 4.68 Å². The lowest BCUT2D eigenvalue weighted by Gasteiger charge is -2.18. The van der Waals surface area contributed by atoms with Gasteiger partial charge < -0.3 is 19.9 Å². The molecule has 0 bridgehead atoms. The molecule has 8 nitrogen and oxygen atoms in total. The minimum atomic E-state index is -0.0962. The van der Waals surface area contributed by atoms with Gasteiger partial charge in [0.2, 0.25) is 5.91 Å². The number of aliphatic hydroxyl groups excluding tert-OH is 1. The largest absolute Gasteiger partial charge is 0.396 e. The van der Waals surface area contributed by atoms with Gasteiger partial charge in [0.15, 0.2) is 0 Å². The summed E-state index contributed by atoms with van der Waals surface area (Å²) in [5, 5.41) is 19.7. The second-order valence-electron chi connectivity index (χ2n) is 5.96. The molecule has 0 aromatic carbocycles. The second kappa shape index (κ2) is 13.7. The van der Waals surface area contributed by atoms with E-state index in [2.05, 4.69) is 22.6 Å². The third-order valence-electron chi connectivity index (χ3n) is 3.63. The van der Waals surface area contributed by atoms with E-state index in [1.165, 1.54) is 4.68 Å². The number of nitrogens with zero attached hydrogens (tertiary/aromatic N) is 3. The third-order valence-corrected chi connectivity index (χ3v) is 3.63. The molecule has 1 rings (SSSR count). The van der Waals surface area contributed by atoms with Crippen LogP contribution in [0.5, 0.6) is 0 Å². The van der Waals surface area contributed by atoms with Crippen molar-refractivity contribution < 1.29 is 19.4 Å². The maximum absolute atomic E-state index is 12.2. The standard InChI is InChI=1S/C17H32N4O4/c1-3-5-8-15(13-24-4-2)18-17(23)12-21-11-16(19-20-21)14-25-10-7-6-9-22/h11,15,22H,3-10,12-14H2,1-2H3,(H,18,23). The molecule has 0 saturated heterocycles. The number of aromatic nitrogens is 3. The molecule has 25 heavy (non-hydrogen) atoms. The Morgan fingerprint density at radius 1 is 1.32 bits per heavy atom. The van der Waals surface area contributed by atoms with E-state index in [9.17, 15) is 4.79 Å². The van der Waals surface area contributed by atoms with Crippen molar-refractivity contribution in [2.45, 2.75) is 65.1 Å². The van der Waals surface area contributed by atoms with Crippen LogP contribution >= 0.6 is 0 Å². The quantitative estimate of drug-likeness (QED) is 0.459. The van der Waals surface area contributed by atoms with Gasteiger partial charge in [-0.15, -0.1) is 5.10 Å². The Labute approximate surface area is 149 Å². The topological polar surface area (TPSA) is 98.5 Å². The number of hydrogen-bond donors (Lipinski definition) is 2. The van der Waals surface area contributed by atoms with E-state index in [1.807, 2.05) is 6.92 Å². The van der Waals surface area contributed by atoms with Crippen molar-refractivity contribution in [3.8, 4) is 0 Å². The maximum atomic E-state index is 12.2. The summed E-state index contributed by atoms with van der Waals surface area (Å²) < 4.78 is 12.4. The van der Waals surface area contributed by atoms with Crippen LogP contribution in [-0.4, -0.2) is 58.5 Å². The molecule has 0 aliphatic carbocycles. The minimum absolute atomic E-state index is 0.0326. The van der Waals surface area contributed by atoms with Crippen LogP contribution < -0.4 is 5.32 Å². The number of carbonyl (C=O) groups excluding carboxylic acids is 1. The van der Waals surface area contributed by atoms with Crippen LogP contribution in [0.25, 0.3) is 0 Å². The average molecular weight is 356 g/mol. The first-order chi connectivity index (χ1) is 12.2. The number of amides is 1. The normalized spacial score (nSPS) is 12.3. The molecular weight excluding hydrogens is 324 g/mol. The van der Waals surface area contributed by atoms with Crippen molar-refractivity contribution >= 4 is 5.91 Å². The van der Waals surface area contributed by atoms with Gasteiger partial charge in [0.1, 0.15) is 12.2 Å². The van der Waals surface area contributed by atoms with Gasteiger partial charge in [0, 0.05) is 19.8 Å². The van der Waals surface area contributed by atoms with Crippen LogP contribution in [0.3, 0.4) is 0 Å². The zero-order chi connectivity index (χ0) is 18.3. The van der Waals surface area contributed by atoms with Gasteiger partial charge >= 0.3 is 0 Å². The highest BCUT2D eigenvalue weighted by molar-refractivity contribution is 5.75. The molecule has 8 heteroatoms. The lowest BCUT2D eigenvalue weighted by Crippen LogP contribution is -2.40. The van der Waals surface area contributed by atoms with E-state index in [1.54, 1.807) is 6.20 Å². The predicted octanol–water partition coefficient (Wildman–Crippen LogP) is 1.28. The first kappa shape index (κ1) is 21.5. The summed E-state index contributed by atoms with van der Waals surface area (Å²) in [7, 11) is 0. The first-order valence-electron chi connectivity index (χ1n) is 9.14. The number of hydrogen-bond acceptors (Lipinski definition) is 6. The van der Waals surface area contributed by atoms with Gasteiger partial charge in [-0.05, 0) is 26.2 Å². The van der Waals surface area contributed by atoms with Crippen molar-refractivity contribution in [3.63, 3.8) is 0 Å². The van der Waals surface area contributed by atoms with E-state index in [4.69, 9.17) is 14.6 Å². The second-order valence-corrected chi connectivity index (χ2v) is 5.96. The van der Waals surface area contributed by atoms with Gasteiger partial charge in [-0.3, -0.25) is 4.79 Å². The summed E-state index contributed by atoms with van der Waals surface area (Å²) >= 11 is 0. The molecule has 0 fully saturated rings. The Morgan fingerprint density at radius 3 is 2.88 bits per heavy atom. The SMILES string of the molecule is CCCCC(COCC)NC(=O)Cn1cc(COCCCCO)nn1. The van der Waals surface area contributed by atoms with Crippen molar-refractivity contribution in [1.82, 2.24) is 20.3 Å². The van der Waals surface area contributed by atoms with Crippen LogP contribution in [0, 0.1) is 0 Å². The predicted molar refractivity (Wildman–Crippen MR) is 93.9 cm³/mol. The molecule has 1 amide bonds. The Hall–Kier alpha value is -1.51. The van der Waals surface area contributed by atoms with Gasteiger partial charge in [0.25, 0.3) is 0 Å². The number of rotatable bonds is 15. The molecule has 0 saturated carbocycles. The highest BCUT2D eigenvalue weighted by Crippen LogP contribution is 2.02. The Morgan fingerprint density at radius 2 is 2.16 bits per heavy atom. The van der Waals surface area contributed by atoms with Crippen LogP contribution in [0.1, 0.15) is 51.6 Å². The molecule has 1 unspecified atom stereocenters. The monoisotopic (exact) mass is 356 g/mol. The fraction of sp³-hybridized carbons (Fsp3) is 0.824. The molecule has 0 spiro atoms. The number of aliphatic hydroxyl groups is 1. The summed E-state index contributed by atoms with van der Waals surface area (Å²) in [4.78, 5) is 12.2. The third kappa shape index (κ3) is 10.2. The number of ether oxygens (including phenoxy) is 2. The molecule has 1 aromatic rings. The maximum Gasteiger partial charge on any atom is 0.242 e. The highest BCUT2D eigenvalue weighted by Gasteiger charge is 2.13. The smallest absolute Gasteiger partial charge is 0.242 e. The van der Waals surface area contributed by atoms with E-state index in [-0.39, 0.29) is 25.1 Å². The van der Waals surface area contributed by atoms with E-state index >= 15 is 0 Å². The first-order valence-corrected chi connectivity index (χ1v) is 9.14. The Kier molecular flexibility index (Phi) is 11.8. The fourth-order valence-electron chi connectivity index (χ4n) is 2.30. The number of carbonyl (C=O) groups is 1. The van der Waals surface area contributed by atoms with E-state index < -0.39 is 0 Å². The van der Waals surface area contributed by atoms with Crippen LogP contribution in [0.2, 0.25) is 0 Å². The Balaban J connectivity index is 2.34. The molecule has 0 radical (unpaired) electrons. The molecule has 1 atom stereocenters.